The van der Waals surface area contributed by atoms with Crippen LogP contribution in [-0.2, 0) is 24.0 Å². The molecule has 1 aliphatic rings. The maximum absolute atomic E-state index is 13.6. The maximum atomic E-state index is 13.6. The largest absolute Gasteiger partial charge is 0.490 e. The average Bonchev–Trinajstić information content (AvgIpc) is 3.38. The molecule has 0 radical (unpaired) electrons. The first kappa shape index (κ1) is 23.0. The standard InChI is InChI=1S/C25H26F3NO4/c1-15-19-13-18(7-8-22(19)29-21(15)9-11-24(30)31)32-14-16-6-10-23(20(12-16)25(26,27)28)33-17-4-2-3-5-17/h6-8,10,12-13,17,29H,2-5,9,11,14H2,1H3,(H,30,31). The van der Waals surface area contributed by atoms with Crippen molar-refractivity contribution in [3.05, 3.63) is 58.8 Å². The quantitative estimate of drug-likeness (QED) is 0.407. The van der Waals surface area contributed by atoms with Gasteiger partial charge in [-0.2, -0.15) is 13.2 Å². The lowest BCUT2D eigenvalue weighted by Gasteiger charge is -2.19. The summed E-state index contributed by atoms with van der Waals surface area (Å²) in [5.41, 5.74) is 2.25. The molecular weight excluding hydrogens is 435 g/mol. The number of carbonyl (C=O) groups is 1. The molecule has 2 N–H and O–H groups in total. The molecule has 2 aromatic carbocycles. The fraction of sp³-hybridized carbons (Fsp3) is 0.400. The van der Waals surface area contributed by atoms with E-state index in [0.717, 1.165) is 53.9 Å². The molecule has 4 rings (SSSR count). The van der Waals surface area contributed by atoms with Crippen LogP contribution >= 0.6 is 0 Å². The summed E-state index contributed by atoms with van der Waals surface area (Å²) in [6, 6.07) is 9.45. The zero-order chi connectivity index (χ0) is 23.6. The third-order valence-electron chi connectivity index (χ3n) is 6.07. The van der Waals surface area contributed by atoms with E-state index < -0.39 is 17.7 Å². The SMILES string of the molecule is Cc1c(CCC(=O)O)[nH]c2ccc(OCc3ccc(OC4CCCC4)c(C(F)(F)F)c3)cc12. The molecule has 0 amide bonds. The maximum Gasteiger partial charge on any atom is 0.419 e. The minimum atomic E-state index is -4.52. The molecule has 1 aliphatic carbocycles. The van der Waals surface area contributed by atoms with Crippen molar-refractivity contribution in [2.24, 2.45) is 0 Å². The Morgan fingerprint density at radius 2 is 1.91 bits per heavy atom. The van der Waals surface area contributed by atoms with Crippen LogP contribution in [0.1, 0.15) is 54.5 Å². The van der Waals surface area contributed by atoms with Crippen molar-refractivity contribution in [1.82, 2.24) is 4.98 Å². The molecule has 33 heavy (non-hydrogen) atoms. The molecule has 8 heteroatoms. The number of fused-ring (bicyclic) bond motifs is 1. The minimum Gasteiger partial charge on any atom is -0.490 e. The number of carboxylic acids is 1. The highest BCUT2D eigenvalue weighted by atomic mass is 19.4. The number of aromatic nitrogens is 1. The van der Waals surface area contributed by atoms with Gasteiger partial charge < -0.3 is 19.6 Å². The highest BCUT2D eigenvalue weighted by molar-refractivity contribution is 5.86. The fourth-order valence-corrected chi connectivity index (χ4v) is 4.28. The summed E-state index contributed by atoms with van der Waals surface area (Å²) in [6.45, 7) is 1.88. The van der Waals surface area contributed by atoms with Crippen LogP contribution < -0.4 is 9.47 Å². The molecule has 1 fully saturated rings. The second-order valence-electron chi connectivity index (χ2n) is 8.47. The van der Waals surface area contributed by atoms with Gasteiger partial charge in [0, 0.05) is 16.6 Å². The monoisotopic (exact) mass is 461 g/mol. The summed E-state index contributed by atoms with van der Waals surface area (Å²) in [4.78, 5) is 14.1. The Hall–Kier alpha value is -3.16. The van der Waals surface area contributed by atoms with E-state index in [2.05, 4.69) is 4.98 Å². The van der Waals surface area contributed by atoms with Crippen molar-refractivity contribution < 1.29 is 32.5 Å². The van der Waals surface area contributed by atoms with Crippen molar-refractivity contribution in [2.45, 2.75) is 64.3 Å². The first-order valence-electron chi connectivity index (χ1n) is 11.0. The third-order valence-corrected chi connectivity index (χ3v) is 6.07. The molecule has 0 bridgehead atoms. The Morgan fingerprint density at radius 3 is 2.61 bits per heavy atom. The fourth-order valence-electron chi connectivity index (χ4n) is 4.28. The van der Waals surface area contributed by atoms with E-state index in [1.165, 1.54) is 6.07 Å². The van der Waals surface area contributed by atoms with Crippen LogP contribution in [0.4, 0.5) is 13.2 Å². The van der Waals surface area contributed by atoms with Crippen LogP contribution in [-0.4, -0.2) is 22.2 Å². The summed E-state index contributed by atoms with van der Waals surface area (Å²) in [5, 5.41) is 9.80. The molecule has 0 unspecified atom stereocenters. The van der Waals surface area contributed by atoms with Crippen LogP contribution in [0.5, 0.6) is 11.5 Å². The zero-order valence-electron chi connectivity index (χ0n) is 18.3. The highest BCUT2D eigenvalue weighted by Gasteiger charge is 2.35. The Morgan fingerprint density at radius 1 is 1.15 bits per heavy atom. The Kier molecular flexibility index (Phi) is 6.54. The van der Waals surface area contributed by atoms with Gasteiger partial charge in [0.15, 0.2) is 0 Å². The Labute approximate surface area is 189 Å². The highest BCUT2D eigenvalue weighted by Crippen LogP contribution is 2.38. The number of H-pyrrole nitrogens is 1. The summed E-state index contributed by atoms with van der Waals surface area (Å²) in [6.07, 6.45) is -0.751. The number of benzene rings is 2. The van der Waals surface area contributed by atoms with Crippen molar-refractivity contribution in [3.8, 4) is 11.5 Å². The molecule has 1 saturated carbocycles. The van der Waals surface area contributed by atoms with Gasteiger partial charge in [0.05, 0.1) is 18.1 Å². The lowest BCUT2D eigenvalue weighted by molar-refractivity contribution is -0.139. The molecule has 0 aliphatic heterocycles. The van der Waals surface area contributed by atoms with Gasteiger partial charge in [0.25, 0.3) is 0 Å². The first-order valence-corrected chi connectivity index (χ1v) is 11.0. The van der Waals surface area contributed by atoms with Crippen LogP contribution in [0.25, 0.3) is 10.9 Å². The second-order valence-corrected chi connectivity index (χ2v) is 8.47. The van der Waals surface area contributed by atoms with Gasteiger partial charge in [-0.3, -0.25) is 4.79 Å². The Bertz CT molecular complexity index is 1150. The number of rotatable bonds is 8. The number of alkyl halides is 3. The molecule has 176 valence electrons. The van der Waals surface area contributed by atoms with Crippen molar-refractivity contribution >= 4 is 16.9 Å². The molecular formula is C25H26F3NO4. The normalized spacial score (nSPS) is 14.7. The van der Waals surface area contributed by atoms with Gasteiger partial charge in [-0.1, -0.05) is 6.07 Å². The summed E-state index contributed by atoms with van der Waals surface area (Å²) in [7, 11) is 0. The van der Waals surface area contributed by atoms with Crippen LogP contribution in [0.2, 0.25) is 0 Å². The zero-order valence-corrected chi connectivity index (χ0v) is 18.3. The molecule has 1 aromatic heterocycles. The minimum absolute atomic E-state index is 0.0202. The third kappa shape index (κ3) is 5.43. The number of aromatic amines is 1. The summed E-state index contributed by atoms with van der Waals surface area (Å²) >= 11 is 0. The lowest BCUT2D eigenvalue weighted by Crippen LogP contribution is -2.16. The van der Waals surface area contributed by atoms with Gasteiger partial charge in [-0.05, 0) is 80.5 Å². The van der Waals surface area contributed by atoms with Crippen molar-refractivity contribution in [1.29, 1.82) is 0 Å². The van der Waals surface area contributed by atoms with Gasteiger partial charge in [0.1, 0.15) is 18.1 Å². The molecule has 0 saturated heterocycles. The van der Waals surface area contributed by atoms with E-state index in [0.29, 0.717) is 17.7 Å². The van der Waals surface area contributed by atoms with E-state index in [1.807, 2.05) is 19.1 Å². The van der Waals surface area contributed by atoms with Gasteiger partial charge in [-0.25, -0.2) is 0 Å². The summed E-state index contributed by atoms with van der Waals surface area (Å²) in [5.74, 6) is -0.472. The smallest absolute Gasteiger partial charge is 0.419 e. The Balaban J connectivity index is 1.49. The van der Waals surface area contributed by atoms with Crippen molar-refractivity contribution in [3.63, 3.8) is 0 Å². The molecule has 0 atom stereocenters. The molecule has 3 aromatic rings. The van der Waals surface area contributed by atoms with Crippen LogP contribution in [0.15, 0.2) is 36.4 Å². The predicted molar refractivity (Wildman–Crippen MR) is 118 cm³/mol. The first-order chi connectivity index (χ1) is 15.7. The number of carboxylic acid groups (broad SMARTS) is 1. The average molecular weight is 461 g/mol. The van der Waals surface area contributed by atoms with E-state index in [1.54, 1.807) is 12.1 Å². The number of aliphatic carboxylic acids is 1. The number of ether oxygens (including phenoxy) is 2. The number of hydrogen-bond acceptors (Lipinski definition) is 3. The molecule has 1 heterocycles. The predicted octanol–water partition coefficient (Wildman–Crippen LogP) is 6.41. The second kappa shape index (κ2) is 9.37. The molecule has 5 nitrogen and oxygen atoms in total. The summed E-state index contributed by atoms with van der Waals surface area (Å²) < 4.78 is 52.4. The lowest BCUT2D eigenvalue weighted by atomic mass is 10.1. The molecule has 0 spiro atoms. The van der Waals surface area contributed by atoms with Gasteiger partial charge >= 0.3 is 12.1 Å². The van der Waals surface area contributed by atoms with Gasteiger partial charge in [0.2, 0.25) is 0 Å². The number of aryl methyl sites for hydroxylation is 2. The van der Waals surface area contributed by atoms with E-state index in [9.17, 15) is 18.0 Å². The van der Waals surface area contributed by atoms with Gasteiger partial charge in [-0.15, -0.1) is 0 Å². The van der Waals surface area contributed by atoms with Crippen LogP contribution in [0, 0.1) is 6.92 Å². The number of halogens is 3. The van der Waals surface area contributed by atoms with Crippen LogP contribution in [0.3, 0.4) is 0 Å². The topological polar surface area (TPSA) is 71.5 Å². The van der Waals surface area contributed by atoms with E-state index in [-0.39, 0.29) is 24.9 Å². The van der Waals surface area contributed by atoms with E-state index >= 15 is 0 Å². The number of hydrogen-bond donors (Lipinski definition) is 2. The van der Waals surface area contributed by atoms with Crippen molar-refractivity contribution in [2.75, 3.05) is 0 Å². The van der Waals surface area contributed by atoms with E-state index in [4.69, 9.17) is 14.6 Å². The number of nitrogens with one attached hydrogen (secondary N) is 1.